The molecule has 4 heteroatoms. The monoisotopic (exact) mass is 342 g/mol. The first-order valence-electron chi connectivity index (χ1n) is 0. The van der Waals surface area contributed by atoms with Gasteiger partial charge in [-0.1, -0.05) is 0 Å². The van der Waals surface area contributed by atoms with Crippen molar-refractivity contribution < 1.29 is 0 Å². The first-order valence-corrected chi connectivity index (χ1v) is 0. The fourth-order valence-corrected chi connectivity index (χ4v) is 0. The minimum atomic E-state index is 0. The molecular weight excluding hydrogens is 341 g/mol. The molecule has 0 fully saturated rings. The molecule has 0 aliphatic carbocycles. The van der Waals surface area contributed by atoms with Gasteiger partial charge in [-0.25, -0.2) is 0 Å². The van der Waals surface area contributed by atoms with E-state index in [-0.39, 0.29) is 64.7 Å². The molecule has 14 radical (unpaired) electrons. The van der Waals surface area contributed by atoms with Crippen LogP contribution in [0.25, 0.3) is 0 Å². The van der Waals surface area contributed by atoms with E-state index in [2.05, 4.69) is 0 Å². The second-order valence-corrected chi connectivity index (χ2v) is 0. The van der Waals surface area contributed by atoms with Gasteiger partial charge in [-0.15, -0.1) is 0 Å². The van der Waals surface area contributed by atoms with E-state index in [9.17, 15) is 0 Å². The summed E-state index contributed by atoms with van der Waals surface area (Å²) < 4.78 is 0. The molecule has 0 unspecified atom stereocenters. The maximum absolute atomic E-state index is 0. The molecule has 0 spiro atoms. The average Bonchev–Trinajstić information content (AvgIpc) is 0. The Balaban J connectivity index is 0. The summed E-state index contributed by atoms with van der Waals surface area (Å²) in [5.41, 5.74) is 0. The largest absolute Gasteiger partial charge is 0 e. The van der Waals surface area contributed by atoms with Crippen molar-refractivity contribution in [3.63, 3.8) is 0 Å². The third-order valence-corrected chi connectivity index (χ3v) is 0. The van der Waals surface area contributed by atoms with E-state index in [0.29, 0.717) is 0 Å². The van der Waals surface area contributed by atoms with Crippen LogP contribution in [0.3, 0.4) is 0 Å². The molecule has 0 nitrogen and oxygen atoms in total. The van der Waals surface area contributed by atoms with Gasteiger partial charge in [-0.05, 0) is 0 Å². The first-order chi connectivity index (χ1) is 0. The summed E-state index contributed by atoms with van der Waals surface area (Å²) >= 11 is 0. The molecule has 0 N–H and O–H groups in total. The summed E-state index contributed by atoms with van der Waals surface area (Å²) in [7, 11) is 0. The van der Waals surface area contributed by atoms with Crippen LogP contribution in [0.2, 0.25) is 0 Å². The Hall–Kier alpha value is 2.07. The Kier molecular flexibility index (Phi) is 178. The molecule has 0 amide bonds. The van der Waals surface area contributed by atoms with Gasteiger partial charge in [-0.3, -0.25) is 0 Å². The maximum atomic E-state index is 0. The summed E-state index contributed by atoms with van der Waals surface area (Å²) in [6.07, 6.45) is 0. The Bertz CT molecular complexity index is 8.00. The zero-order chi connectivity index (χ0) is 0. The second kappa shape index (κ2) is 19.6. The van der Waals surface area contributed by atoms with E-state index in [1.54, 1.807) is 0 Å². The normalized spacial score (nSPS) is 0. The molecule has 0 heterocycles. The summed E-state index contributed by atoms with van der Waals surface area (Å²) in [4.78, 5) is 0. The SMILES string of the molecule is [Bi].[Ge].[P].[Si]. The van der Waals surface area contributed by atoms with Crippen molar-refractivity contribution >= 4 is 64.7 Å². The summed E-state index contributed by atoms with van der Waals surface area (Å²) in [5.74, 6) is 0. The van der Waals surface area contributed by atoms with Gasteiger partial charge in [0.25, 0.3) is 0 Å². The van der Waals surface area contributed by atoms with E-state index in [0.717, 1.165) is 0 Å². The van der Waals surface area contributed by atoms with E-state index in [1.165, 1.54) is 0 Å². The van der Waals surface area contributed by atoms with Gasteiger partial charge >= 0.3 is 0 Å². The van der Waals surface area contributed by atoms with Crippen molar-refractivity contribution in [3.05, 3.63) is 0 Å². The van der Waals surface area contributed by atoms with Gasteiger partial charge < -0.3 is 0 Å². The molecular formula is BiGePSi. The zero-order valence-electron chi connectivity index (χ0n) is 1.89. The topological polar surface area (TPSA) is 0 Å². The van der Waals surface area contributed by atoms with Crippen LogP contribution >= 0.6 is 9.90 Å². The van der Waals surface area contributed by atoms with Crippen LogP contribution in [0.1, 0.15) is 0 Å². The van der Waals surface area contributed by atoms with Gasteiger partial charge in [0.1, 0.15) is 0 Å². The molecule has 0 atom stereocenters. The molecule has 0 saturated heterocycles. The van der Waals surface area contributed by atoms with Crippen LogP contribution in [0.4, 0.5) is 0 Å². The summed E-state index contributed by atoms with van der Waals surface area (Å²) in [6, 6.07) is 0. The number of hydrogen-bond acceptors (Lipinski definition) is 0. The second-order valence-electron chi connectivity index (χ2n) is 0. The van der Waals surface area contributed by atoms with Crippen LogP contribution in [-0.2, 0) is 0 Å². The van der Waals surface area contributed by atoms with Crippen molar-refractivity contribution in [2.24, 2.45) is 0 Å². The van der Waals surface area contributed by atoms with Crippen molar-refractivity contribution in [1.29, 1.82) is 0 Å². The fourth-order valence-electron chi connectivity index (χ4n) is 0. The third kappa shape index (κ3) is 8.95. The van der Waals surface area contributed by atoms with Gasteiger partial charge in [-0.2, -0.15) is 0 Å². The van der Waals surface area contributed by atoms with Crippen molar-refractivity contribution in [2.75, 3.05) is 0 Å². The van der Waals surface area contributed by atoms with Gasteiger partial charge in [0, 0.05) is 64.7 Å². The molecule has 0 bridgehead atoms. The van der Waals surface area contributed by atoms with Crippen LogP contribution < -0.4 is 0 Å². The fraction of sp³-hybridized carbons (Fsp3) is 0. The molecule has 0 aliphatic rings. The van der Waals surface area contributed by atoms with E-state index < -0.39 is 0 Å². The minimum absolute atomic E-state index is 0. The molecule has 0 aromatic carbocycles. The molecule has 0 aromatic heterocycles. The molecule has 0 aliphatic heterocycles. The first kappa shape index (κ1) is 36.4. The molecule has 0 rings (SSSR count). The van der Waals surface area contributed by atoms with Crippen molar-refractivity contribution in [2.45, 2.75) is 0 Å². The predicted octanol–water partition coefficient (Wildman–Crippen LogP) is -0.281. The molecule has 18 valence electrons. The Labute approximate surface area is 64.2 Å². The zero-order valence-corrected chi connectivity index (χ0v) is 9.36. The third-order valence-electron chi connectivity index (χ3n) is 0. The van der Waals surface area contributed by atoms with Crippen LogP contribution in [0, 0.1) is 0 Å². The van der Waals surface area contributed by atoms with E-state index in [1.807, 2.05) is 0 Å². The van der Waals surface area contributed by atoms with E-state index in [4.69, 9.17) is 0 Å². The maximum Gasteiger partial charge on any atom is 0 e. The predicted molar refractivity (Wildman–Crippen MR) is 24.2 cm³/mol. The van der Waals surface area contributed by atoms with Crippen molar-refractivity contribution in [3.8, 4) is 0 Å². The smallest absolute Gasteiger partial charge is 0 e. The van der Waals surface area contributed by atoms with Crippen LogP contribution in [0.5, 0.6) is 0 Å². The Morgan fingerprint density at radius 2 is 1.00 bits per heavy atom. The van der Waals surface area contributed by atoms with E-state index >= 15 is 0 Å². The van der Waals surface area contributed by atoms with Crippen LogP contribution in [0.15, 0.2) is 0 Å². The Morgan fingerprint density at radius 1 is 1.00 bits per heavy atom. The van der Waals surface area contributed by atoms with Gasteiger partial charge in [0.15, 0.2) is 0 Å². The van der Waals surface area contributed by atoms with Gasteiger partial charge in [0.05, 0.1) is 0 Å². The number of rotatable bonds is 0. The minimum Gasteiger partial charge on any atom is 0 e. The Morgan fingerprint density at radius 3 is 1.00 bits per heavy atom. The number of hydrogen-bond donors (Lipinski definition) is 0. The van der Waals surface area contributed by atoms with Crippen molar-refractivity contribution in [1.82, 2.24) is 0 Å². The molecule has 0 saturated carbocycles. The summed E-state index contributed by atoms with van der Waals surface area (Å²) in [5, 5.41) is 0. The average molecular weight is 341 g/mol. The van der Waals surface area contributed by atoms with Crippen LogP contribution in [-0.4, -0.2) is 54.8 Å². The standard InChI is InChI=1S/Bi.Ge.P.Si. The molecule has 0 aromatic rings. The quantitative estimate of drug-likeness (QED) is 0.420. The molecule has 4 heavy (non-hydrogen) atoms. The van der Waals surface area contributed by atoms with Gasteiger partial charge in [0.2, 0.25) is 0 Å². The summed E-state index contributed by atoms with van der Waals surface area (Å²) in [6.45, 7) is 0.